The predicted molar refractivity (Wildman–Crippen MR) is 106 cm³/mol. The van der Waals surface area contributed by atoms with Crippen molar-refractivity contribution in [2.75, 3.05) is 19.8 Å². The van der Waals surface area contributed by atoms with Crippen molar-refractivity contribution >= 4 is 23.5 Å². The number of aliphatic hydroxyl groups is 4. The van der Waals surface area contributed by atoms with Crippen LogP contribution in [-0.4, -0.2) is 89.6 Å². The summed E-state index contributed by atoms with van der Waals surface area (Å²) in [5.41, 5.74) is -2.90. The smallest absolute Gasteiger partial charge is 0.481 e. The number of nitrogens with zero attached hydrogens (tertiary/aromatic N) is 2. The normalized spacial score (nSPS) is 28.2. The summed E-state index contributed by atoms with van der Waals surface area (Å²) in [6.45, 7) is -2.91. The molecular weight excluding hydrogens is 575 g/mol. The highest BCUT2D eigenvalue weighted by molar-refractivity contribution is 7.61. The summed E-state index contributed by atoms with van der Waals surface area (Å²) in [6.07, 6.45) is -7.88. The van der Waals surface area contributed by atoms with E-state index in [1.165, 1.54) is 0 Å². The molecule has 0 saturated carbocycles. The van der Waals surface area contributed by atoms with Gasteiger partial charge in [0.2, 0.25) is 0 Å². The Morgan fingerprint density at radius 2 is 1.81 bits per heavy atom. The summed E-state index contributed by atoms with van der Waals surface area (Å²) in [5.74, 6) is 0. The van der Waals surface area contributed by atoms with Gasteiger partial charge in [0.1, 0.15) is 35.5 Å². The van der Waals surface area contributed by atoms with Gasteiger partial charge in [-0.1, -0.05) is 0 Å². The van der Waals surface area contributed by atoms with E-state index in [0.717, 1.165) is 23.8 Å². The van der Waals surface area contributed by atoms with Crippen molar-refractivity contribution in [3.05, 3.63) is 17.8 Å². The molecule has 37 heavy (non-hydrogen) atoms. The number of aliphatic hydroxyl groups excluding tert-OH is 4. The molecule has 0 amide bonds. The molecule has 20 nitrogen and oxygen atoms in total. The molecule has 1 aromatic rings. The van der Waals surface area contributed by atoms with Gasteiger partial charge in [0, 0.05) is 6.20 Å². The average Bonchev–Trinajstić information content (AvgIpc) is 3.02. The second-order valence-electron chi connectivity index (χ2n) is 7.68. The summed E-state index contributed by atoms with van der Waals surface area (Å²) in [7, 11) is -16.8. The lowest BCUT2D eigenvalue weighted by atomic mass is 10.0. The van der Waals surface area contributed by atoms with E-state index < -0.39 is 85.5 Å². The largest absolute Gasteiger partial charge is 0.846 e. The molecule has 8 atom stereocenters. The van der Waals surface area contributed by atoms with Gasteiger partial charge in [0.05, 0.1) is 33.7 Å². The second-order valence-corrected chi connectivity index (χ2v) is 11.8. The van der Waals surface area contributed by atoms with Crippen LogP contribution in [0.25, 0.3) is 0 Å². The lowest BCUT2D eigenvalue weighted by Gasteiger charge is -2.41. The van der Waals surface area contributed by atoms with Crippen molar-refractivity contribution in [2.24, 2.45) is 0 Å². The summed E-state index contributed by atoms with van der Waals surface area (Å²) < 4.78 is 57.5. The minimum Gasteiger partial charge on any atom is -0.846 e. The van der Waals surface area contributed by atoms with Gasteiger partial charge in [0.25, 0.3) is 0 Å². The number of ether oxygens (including phenoxy) is 1. The minimum absolute atomic E-state index is 0.389. The van der Waals surface area contributed by atoms with E-state index in [0.29, 0.717) is 0 Å². The minimum atomic E-state index is -5.74. The van der Waals surface area contributed by atoms with Gasteiger partial charge in [0.15, 0.2) is 6.23 Å². The molecule has 0 bridgehead atoms. The zero-order valence-corrected chi connectivity index (χ0v) is 21.3. The quantitative estimate of drug-likeness (QED) is 0.105. The topological polar surface area (TPSA) is 330 Å². The van der Waals surface area contributed by atoms with E-state index in [4.69, 9.17) is 10.1 Å². The van der Waals surface area contributed by atoms with Crippen molar-refractivity contribution in [1.29, 1.82) is 5.41 Å². The second kappa shape index (κ2) is 11.9. The first-order chi connectivity index (χ1) is 16.8. The van der Waals surface area contributed by atoms with Crippen LogP contribution < -0.4 is 20.4 Å². The number of phosphoric ester groups is 3. The maximum absolute atomic E-state index is 12.1. The molecule has 2 heterocycles. The monoisotopic (exact) mass is 598 g/mol. The summed E-state index contributed by atoms with van der Waals surface area (Å²) >= 11 is 0. The van der Waals surface area contributed by atoms with Crippen molar-refractivity contribution in [1.82, 2.24) is 9.55 Å². The van der Waals surface area contributed by atoms with Gasteiger partial charge in [-0.15, -0.1) is 0 Å². The number of phosphoric acid groups is 3. The van der Waals surface area contributed by atoms with Gasteiger partial charge in [-0.3, -0.25) is 14.5 Å². The summed E-state index contributed by atoms with van der Waals surface area (Å²) in [6, 6.07) is 0.0621. The van der Waals surface area contributed by atoms with E-state index in [2.05, 4.69) is 22.9 Å². The molecule has 1 aromatic heterocycles. The Morgan fingerprint density at radius 3 is 2.35 bits per heavy atom. The van der Waals surface area contributed by atoms with Crippen LogP contribution in [0.2, 0.25) is 0 Å². The Balaban J connectivity index is 1.97. The van der Waals surface area contributed by atoms with Crippen molar-refractivity contribution in [3.8, 4) is 6.01 Å². The standard InChI is InChI=1S/C14H26N3O17P3/c1-14(6-18,33-35(23,24)25)8(19)5-31-37(28,29)34-36(26,27)30-4-7-10(20)11(21)12(32-7)17-3-2-9(15)16-13(17)22/h2-3,7-8,10-12,18-21H,4-6H2,1H3,(H,26,27)(H,28,29)(H2,15,16,22)(H2,23,24,25)/p-3/t7-,8+,10-,11-,12-,14+/m1/s1. The molecule has 1 saturated heterocycles. The molecule has 23 heteroatoms. The molecular formula is C14H23N3O17P3-3. The van der Waals surface area contributed by atoms with Gasteiger partial charge in [-0.2, -0.15) is 4.31 Å². The van der Waals surface area contributed by atoms with Crippen LogP contribution in [0.15, 0.2) is 12.3 Å². The van der Waals surface area contributed by atoms with E-state index in [1.54, 1.807) is 0 Å². The van der Waals surface area contributed by atoms with Crippen LogP contribution in [0, 0.1) is 5.41 Å². The molecule has 7 N–H and O–H groups in total. The first kappa shape index (κ1) is 32.1. The molecule has 0 spiro atoms. The number of rotatable bonds is 13. The Hall–Kier alpha value is -1.15. The molecule has 0 aromatic carbocycles. The molecule has 2 rings (SSSR count). The van der Waals surface area contributed by atoms with Crippen LogP contribution in [-0.2, 0) is 36.3 Å². The van der Waals surface area contributed by atoms with E-state index in [9.17, 15) is 58.8 Å². The highest BCUT2D eigenvalue weighted by Gasteiger charge is 2.46. The molecule has 0 radical (unpaired) electrons. The van der Waals surface area contributed by atoms with Gasteiger partial charge in [-0.05, 0) is 13.0 Å². The summed E-state index contributed by atoms with van der Waals surface area (Å²) in [4.78, 5) is 44.1. The van der Waals surface area contributed by atoms with Crippen molar-refractivity contribution in [3.63, 3.8) is 0 Å². The SMILES string of the molecule is C[C@@](CO)(OP(=O)([O-])[O-])[C@@H](O)COP(=O)(O)OP(=O)(O)OC[C@H]1O[C@@H](n2ccc(=N)nc2[O-])[C@H](O)[C@@H]1O. The zero-order valence-electron chi connectivity index (χ0n) is 18.6. The highest BCUT2D eigenvalue weighted by atomic mass is 31.3. The van der Waals surface area contributed by atoms with Crippen LogP contribution in [0.3, 0.4) is 0 Å². The van der Waals surface area contributed by atoms with E-state index in [1.807, 2.05) is 0 Å². The number of hydrogen-bond donors (Lipinski definition) is 7. The molecule has 0 aliphatic carbocycles. The fourth-order valence-corrected chi connectivity index (χ4v) is 5.62. The molecule has 2 unspecified atom stereocenters. The average molecular weight is 598 g/mol. The maximum atomic E-state index is 12.1. The fraction of sp³-hybridized carbons (Fsp3) is 0.714. The summed E-state index contributed by atoms with van der Waals surface area (Å²) in [5, 5.41) is 58.4. The first-order valence-corrected chi connectivity index (χ1v) is 14.2. The third-order valence-electron chi connectivity index (χ3n) is 4.78. The van der Waals surface area contributed by atoms with E-state index in [-0.39, 0.29) is 5.49 Å². The van der Waals surface area contributed by atoms with Gasteiger partial charge >= 0.3 is 15.6 Å². The van der Waals surface area contributed by atoms with Crippen LogP contribution >= 0.6 is 23.5 Å². The number of nitrogens with one attached hydrogen (secondary N) is 1. The molecule has 1 fully saturated rings. The number of aromatic nitrogens is 2. The molecule has 1 aliphatic rings. The molecule has 214 valence electrons. The van der Waals surface area contributed by atoms with Gasteiger partial charge < -0.3 is 63.5 Å². The van der Waals surface area contributed by atoms with Crippen molar-refractivity contribution in [2.45, 2.75) is 43.2 Å². The first-order valence-electron chi connectivity index (χ1n) is 9.79. The number of hydrogen-bond acceptors (Lipinski definition) is 17. The Morgan fingerprint density at radius 1 is 1.22 bits per heavy atom. The molecule has 1 aliphatic heterocycles. The van der Waals surface area contributed by atoms with Crippen LogP contribution in [0.4, 0.5) is 0 Å². The third-order valence-corrected chi connectivity index (χ3v) is 8.03. The fourth-order valence-electron chi connectivity index (χ4n) is 2.84. The van der Waals surface area contributed by atoms with Gasteiger partial charge in [-0.25, -0.2) is 14.1 Å². The Labute approximate surface area is 207 Å². The van der Waals surface area contributed by atoms with E-state index >= 15 is 0 Å². The Kier molecular flexibility index (Phi) is 10.3. The van der Waals surface area contributed by atoms with Crippen molar-refractivity contribution < 1.29 is 81.4 Å². The maximum Gasteiger partial charge on any atom is 0.481 e. The Bertz CT molecular complexity index is 1140. The van der Waals surface area contributed by atoms with Crippen LogP contribution in [0.1, 0.15) is 13.2 Å². The lowest BCUT2D eigenvalue weighted by Crippen LogP contribution is -2.48. The lowest BCUT2D eigenvalue weighted by molar-refractivity contribution is -0.353. The predicted octanol–water partition coefficient (Wildman–Crippen LogP) is -4.74. The highest BCUT2D eigenvalue weighted by Crippen LogP contribution is 2.60. The third kappa shape index (κ3) is 8.94. The zero-order chi connectivity index (χ0) is 28.4. The van der Waals surface area contributed by atoms with Crippen LogP contribution in [0.5, 0.6) is 6.01 Å².